The number of ether oxygens (including phenoxy) is 2. The van der Waals surface area contributed by atoms with Gasteiger partial charge >= 0.3 is 5.97 Å². The van der Waals surface area contributed by atoms with E-state index in [0.29, 0.717) is 22.6 Å². The third-order valence-corrected chi connectivity index (χ3v) is 3.02. The van der Waals surface area contributed by atoms with E-state index in [-0.39, 0.29) is 12.4 Å². The second-order valence-corrected chi connectivity index (χ2v) is 4.10. The summed E-state index contributed by atoms with van der Waals surface area (Å²) in [6.07, 6.45) is 0. The molecular formula is C13H10O4. The lowest BCUT2D eigenvalue weighted by molar-refractivity contribution is -0.146. The molecule has 1 aromatic rings. The van der Waals surface area contributed by atoms with Crippen LogP contribution in [0.1, 0.15) is 12.5 Å². The zero-order valence-corrected chi connectivity index (χ0v) is 9.23. The minimum atomic E-state index is -0.734. The first-order valence-electron chi connectivity index (χ1n) is 5.39. The monoisotopic (exact) mass is 230 g/mol. The van der Waals surface area contributed by atoms with Gasteiger partial charge in [-0.25, -0.2) is 0 Å². The minimum absolute atomic E-state index is 0.169. The van der Waals surface area contributed by atoms with Crippen molar-refractivity contribution >= 4 is 17.5 Å². The molecule has 0 amide bonds. The molecule has 1 atom stereocenters. The largest absolute Gasteiger partial charge is 0.488 e. The zero-order chi connectivity index (χ0) is 12.0. The maximum absolute atomic E-state index is 11.9. The van der Waals surface area contributed by atoms with Gasteiger partial charge in [0.1, 0.15) is 18.3 Å². The third-order valence-electron chi connectivity index (χ3n) is 3.02. The van der Waals surface area contributed by atoms with Crippen molar-refractivity contribution in [2.75, 3.05) is 6.61 Å². The molecule has 0 aromatic heterocycles. The lowest BCUT2D eigenvalue weighted by Crippen LogP contribution is -2.34. The van der Waals surface area contributed by atoms with Crippen LogP contribution in [0, 0.1) is 5.92 Å². The van der Waals surface area contributed by atoms with Crippen LogP contribution < -0.4 is 4.74 Å². The average molecular weight is 230 g/mol. The molecule has 17 heavy (non-hydrogen) atoms. The average Bonchev–Trinajstić information content (AvgIpc) is 2.36. The lowest BCUT2D eigenvalue weighted by Gasteiger charge is -2.27. The Hall–Kier alpha value is -2.10. The van der Waals surface area contributed by atoms with Crippen molar-refractivity contribution in [1.29, 1.82) is 0 Å². The van der Waals surface area contributed by atoms with Crippen molar-refractivity contribution in [3.8, 4) is 5.75 Å². The van der Waals surface area contributed by atoms with Crippen LogP contribution in [-0.4, -0.2) is 18.4 Å². The molecule has 4 heteroatoms. The Balaban J connectivity index is 2.18. The zero-order valence-electron chi connectivity index (χ0n) is 9.23. The third kappa shape index (κ3) is 1.37. The summed E-state index contributed by atoms with van der Waals surface area (Å²) in [7, 11) is 0. The molecule has 1 unspecified atom stereocenters. The van der Waals surface area contributed by atoms with Crippen molar-refractivity contribution < 1.29 is 19.1 Å². The molecule has 3 rings (SSSR count). The van der Waals surface area contributed by atoms with Crippen LogP contribution in [-0.2, 0) is 14.3 Å². The molecule has 0 fully saturated rings. The number of carbonyl (C=O) groups excluding carboxylic acids is 2. The molecule has 0 bridgehead atoms. The maximum atomic E-state index is 11.9. The highest BCUT2D eigenvalue weighted by molar-refractivity contribution is 6.16. The summed E-state index contributed by atoms with van der Waals surface area (Å²) in [4.78, 5) is 23.5. The molecule has 86 valence electrons. The van der Waals surface area contributed by atoms with Crippen LogP contribution in [0.5, 0.6) is 5.75 Å². The summed E-state index contributed by atoms with van der Waals surface area (Å²) in [5, 5.41) is 0. The fourth-order valence-corrected chi connectivity index (χ4v) is 2.02. The van der Waals surface area contributed by atoms with Gasteiger partial charge in [-0.3, -0.25) is 9.59 Å². The molecule has 1 aromatic carbocycles. The summed E-state index contributed by atoms with van der Waals surface area (Å²) in [5.41, 5.74) is 1.12. The smallest absolute Gasteiger partial charge is 0.321 e. The second-order valence-electron chi connectivity index (χ2n) is 4.10. The predicted octanol–water partition coefficient (Wildman–Crippen LogP) is 1.55. The molecule has 0 saturated heterocycles. The molecule has 0 saturated carbocycles. The van der Waals surface area contributed by atoms with Gasteiger partial charge in [0, 0.05) is 0 Å². The van der Waals surface area contributed by atoms with Gasteiger partial charge in [0.15, 0.2) is 11.5 Å². The van der Waals surface area contributed by atoms with E-state index in [1.165, 1.54) is 0 Å². The van der Waals surface area contributed by atoms with Crippen LogP contribution in [0.25, 0.3) is 5.76 Å². The van der Waals surface area contributed by atoms with E-state index in [9.17, 15) is 9.59 Å². The number of carbonyl (C=O) groups is 2. The fourth-order valence-electron chi connectivity index (χ4n) is 2.02. The van der Waals surface area contributed by atoms with Crippen LogP contribution in [0.4, 0.5) is 0 Å². The van der Waals surface area contributed by atoms with Gasteiger partial charge in [-0.1, -0.05) is 12.1 Å². The number of fused-ring (bicyclic) bond motifs is 2. The number of ketones is 1. The summed E-state index contributed by atoms with van der Waals surface area (Å²) in [6.45, 7) is 1.72. The fraction of sp³-hybridized carbons (Fsp3) is 0.231. The molecule has 2 aliphatic rings. The Morgan fingerprint density at radius 2 is 2.00 bits per heavy atom. The van der Waals surface area contributed by atoms with Gasteiger partial charge in [0.05, 0.1) is 11.1 Å². The van der Waals surface area contributed by atoms with Crippen LogP contribution in [0.2, 0.25) is 0 Å². The molecule has 0 radical (unpaired) electrons. The molecule has 4 nitrogen and oxygen atoms in total. The Labute approximate surface area is 97.8 Å². The minimum Gasteiger partial charge on any atom is -0.488 e. The number of esters is 1. The van der Waals surface area contributed by atoms with Crippen molar-refractivity contribution in [2.45, 2.75) is 6.92 Å². The van der Waals surface area contributed by atoms with Gasteiger partial charge in [-0.05, 0) is 19.1 Å². The second kappa shape index (κ2) is 3.45. The van der Waals surface area contributed by atoms with Gasteiger partial charge < -0.3 is 9.47 Å². The quantitative estimate of drug-likeness (QED) is 0.501. The number of Topliss-reactive ketones (excluding diaryl/α,β-unsaturated/α-hetero) is 1. The summed E-state index contributed by atoms with van der Waals surface area (Å²) < 4.78 is 10.7. The highest BCUT2D eigenvalue weighted by Gasteiger charge is 2.38. The van der Waals surface area contributed by atoms with Crippen LogP contribution in [0.3, 0.4) is 0 Å². The van der Waals surface area contributed by atoms with Crippen molar-refractivity contribution in [3.63, 3.8) is 0 Å². The Morgan fingerprint density at radius 3 is 2.82 bits per heavy atom. The lowest BCUT2D eigenvalue weighted by atomic mass is 9.92. The van der Waals surface area contributed by atoms with Crippen LogP contribution >= 0.6 is 0 Å². The number of para-hydroxylation sites is 1. The highest BCUT2D eigenvalue weighted by Crippen LogP contribution is 2.37. The molecule has 0 N–H and O–H groups in total. The van der Waals surface area contributed by atoms with Crippen LogP contribution in [0.15, 0.2) is 29.8 Å². The van der Waals surface area contributed by atoms with Crippen molar-refractivity contribution in [2.24, 2.45) is 5.92 Å². The summed E-state index contributed by atoms with van der Waals surface area (Å²) in [6, 6.07) is 7.21. The molecular weight excluding hydrogens is 220 g/mol. The normalized spacial score (nSPS) is 22.5. The van der Waals surface area contributed by atoms with Gasteiger partial charge in [0.25, 0.3) is 0 Å². The summed E-state index contributed by atoms with van der Waals surface area (Å²) >= 11 is 0. The first kappa shape index (κ1) is 10.1. The number of hydrogen-bond donors (Lipinski definition) is 0. The predicted molar refractivity (Wildman–Crippen MR) is 59.1 cm³/mol. The maximum Gasteiger partial charge on any atom is 0.321 e. The Bertz CT molecular complexity index is 556. The first-order chi connectivity index (χ1) is 8.18. The Morgan fingerprint density at radius 1 is 1.24 bits per heavy atom. The van der Waals surface area contributed by atoms with Gasteiger partial charge in [-0.15, -0.1) is 0 Å². The van der Waals surface area contributed by atoms with E-state index in [4.69, 9.17) is 9.47 Å². The number of hydrogen-bond acceptors (Lipinski definition) is 4. The molecule has 0 aliphatic carbocycles. The number of rotatable bonds is 0. The molecule has 2 aliphatic heterocycles. The highest BCUT2D eigenvalue weighted by atomic mass is 16.5. The first-order valence-corrected chi connectivity index (χ1v) is 5.39. The SMILES string of the molecule is CC1C(=O)OC2=C(COc3ccccc32)C1=O. The molecule has 0 spiro atoms. The van der Waals surface area contributed by atoms with E-state index in [0.717, 1.165) is 0 Å². The number of benzene rings is 1. The topological polar surface area (TPSA) is 52.6 Å². The van der Waals surface area contributed by atoms with E-state index in [1.54, 1.807) is 19.1 Å². The molecule has 2 heterocycles. The van der Waals surface area contributed by atoms with E-state index >= 15 is 0 Å². The van der Waals surface area contributed by atoms with Crippen molar-refractivity contribution in [1.82, 2.24) is 0 Å². The van der Waals surface area contributed by atoms with E-state index in [2.05, 4.69) is 0 Å². The Kier molecular flexibility index (Phi) is 2.04. The van der Waals surface area contributed by atoms with E-state index < -0.39 is 11.9 Å². The standard InChI is InChI=1S/C13H10O4/c1-7-11(14)9-6-16-10-5-3-2-4-8(10)12(9)17-13(7)15/h2-5,7H,6H2,1H3. The summed E-state index contributed by atoms with van der Waals surface area (Å²) in [5.74, 6) is -0.430. The van der Waals surface area contributed by atoms with E-state index in [1.807, 2.05) is 12.1 Å². The van der Waals surface area contributed by atoms with Gasteiger partial charge in [-0.2, -0.15) is 0 Å². The van der Waals surface area contributed by atoms with Crippen molar-refractivity contribution in [3.05, 3.63) is 35.4 Å². The van der Waals surface area contributed by atoms with Gasteiger partial charge in [0.2, 0.25) is 0 Å².